The number of carbonyl (C=O) groups excluding carboxylic acids is 3. The Balaban J connectivity index is 1.64. The summed E-state index contributed by atoms with van der Waals surface area (Å²) in [6, 6.07) is 11.8. The van der Waals surface area contributed by atoms with Crippen LogP contribution in [0.5, 0.6) is 0 Å². The van der Waals surface area contributed by atoms with E-state index >= 15 is 0 Å². The number of thiazole rings is 1. The number of alkyl carbamates (subject to hydrolysis) is 2. The van der Waals surface area contributed by atoms with E-state index < -0.39 is 29.3 Å². The molecule has 3 aromatic rings. The fourth-order valence-electron chi connectivity index (χ4n) is 3.83. The topological polar surface area (TPSA) is 149 Å². The zero-order chi connectivity index (χ0) is 32.6. The van der Waals surface area contributed by atoms with Gasteiger partial charge in [-0.25, -0.2) is 14.6 Å². The average Bonchev–Trinajstić information content (AvgIpc) is 3.37. The van der Waals surface area contributed by atoms with Gasteiger partial charge < -0.3 is 9.47 Å². The SMILES string of the molecule is C=C1C(=O)N(c2ccc(C#N)c(Cl)c2)C(=S)N1c1ccc2sc(N=C(NC(=O)OC(C)(C)C)NC(=O)OC(C)(C)C)nc2c1. The van der Waals surface area contributed by atoms with Gasteiger partial charge in [-0.15, -0.1) is 0 Å². The Kier molecular flexibility index (Phi) is 8.96. The monoisotopic (exact) mass is 653 g/mol. The second-order valence-electron chi connectivity index (χ2n) is 11.3. The number of halogens is 1. The van der Waals surface area contributed by atoms with Crippen molar-refractivity contribution in [3.05, 3.63) is 59.3 Å². The third-order valence-electron chi connectivity index (χ3n) is 5.50. The number of hydrogen-bond donors (Lipinski definition) is 2. The van der Waals surface area contributed by atoms with Crippen molar-refractivity contribution in [2.75, 3.05) is 9.80 Å². The molecule has 1 aromatic heterocycles. The van der Waals surface area contributed by atoms with Crippen molar-refractivity contribution in [3.8, 4) is 6.07 Å². The maximum absolute atomic E-state index is 13.2. The number of nitriles is 1. The van der Waals surface area contributed by atoms with Crippen LogP contribution >= 0.6 is 35.2 Å². The Bertz CT molecular complexity index is 1750. The third kappa shape index (κ3) is 7.49. The largest absolute Gasteiger partial charge is 0.444 e. The smallest absolute Gasteiger partial charge is 0.414 e. The maximum atomic E-state index is 13.2. The summed E-state index contributed by atoms with van der Waals surface area (Å²) in [6.07, 6.45) is -1.68. The first-order chi connectivity index (χ1) is 20.5. The highest BCUT2D eigenvalue weighted by molar-refractivity contribution is 7.81. The average molecular weight is 654 g/mol. The van der Waals surface area contributed by atoms with E-state index in [4.69, 9.17) is 33.3 Å². The van der Waals surface area contributed by atoms with Gasteiger partial charge in [0.25, 0.3) is 5.91 Å². The molecular weight excluding hydrogens is 626 g/mol. The first kappa shape index (κ1) is 32.3. The molecule has 0 saturated carbocycles. The molecule has 12 nitrogen and oxygen atoms in total. The van der Waals surface area contributed by atoms with Crippen LogP contribution in [0.2, 0.25) is 5.02 Å². The summed E-state index contributed by atoms with van der Waals surface area (Å²) in [5.74, 6) is -0.699. The number of nitrogens with one attached hydrogen (secondary N) is 2. The molecule has 2 heterocycles. The first-order valence-electron chi connectivity index (χ1n) is 13.0. The van der Waals surface area contributed by atoms with E-state index in [1.54, 1.807) is 65.8 Å². The Labute approximate surface area is 267 Å². The van der Waals surface area contributed by atoms with Gasteiger partial charge in [0.1, 0.15) is 23.0 Å². The molecule has 0 bridgehead atoms. The van der Waals surface area contributed by atoms with Crippen molar-refractivity contribution in [1.29, 1.82) is 5.26 Å². The van der Waals surface area contributed by atoms with E-state index in [-0.39, 0.29) is 32.5 Å². The standard InChI is InChI=1S/C29H28ClN7O5S2/c1-15-22(38)37(17-9-8-16(14-31)19(30)12-17)27(43)36(15)18-10-11-21-20(13-18)32-24(44-21)33-23(34-25(39)41-28(2,3)4)35-26(40)42-29(5,6)7/h8-13H,1H2,2-7H3,(H2,32,33,34,35,39,40). The van der Waals surface area contributed by atoms with Crippen LogP contribution < -0.4 is 20.4 Å². The summed E-state index contributed by atoms with van der Waals surface area (Å²) in [4.78, 5) is 49.7. The van der Waals surface area contributed by atoms with Crippen molar-refractivity contribution in [2.24, 2.45) is 4.99 Å². The zero-order valence-electron chi connectivity index (χ0n) is 24.6. The number of carbonyl (C=O) groups is 3. The molecule has 1 fully saturated rings. The molecular formula is C29H28ClN7O5S2. The van der Waals surface area contributed by atoms with E-state index in [0.29, 0.717) is 16.9 Å². The Morgan fingerprint density at radius 1 is 1.02 bits per heavy atom. The summed E-state index contributed by atoms with van der Waals surface area (Å²) in [6.45, 7) is 14.1. The molecule has 3 amide bonds. The molecule has 0 unspecified atom stereocenters. The van der Waals surface area contributed by atoms with Crippen LogP contribution in [0.4, 0.5) is 26.1 Å². The van der Waals surface area contributed by atoms with E-state index in [0.717, 1.165) is 4.70 Å². The lowest BCUT2D eigenvalue weighted by atomic mass is 10.2. The molecule has 0 spiro atoms. The van der Waals surface area contributed by atoms with Crippen LogP contribution in [0.25, 0.3) is 10.2 Å². The number of aromatic nitrogens is 1. The summed E-state index contributed by atoms with van der Waals surface area (Å²) < 4.78 is 11.3. The van der Waals surface area contributed by atoms with Crippen LogP contribution in [0.15, 0.2) is 53.7 Å². The van der Waals surface area contributed by atoms with Crippen molar-refractivity contribution >= 4 is 91.0 Å². The number of guanidine groups is 1. The van der Waals surface area contributed by atoms with Gasteiger partial charge in [0.05, 0.1) is 32.2 Å². The highest BCUT2D eigenvalue weighted by Crippen LogP contribution is 2.36. The van der Waals surface area contributed by atoms with Crippen molar-refractivity contribution in [2.45, 2.75) is 52.7 Å². The predicted octanol–water partition coefficient (Wildman–Crippen LogP) is 6.51. The van der Waals surface area contributed by atoms with Gasteiger partial charge in [0, 0.05) is 0 Å². The maximum Gasteiger partial charge on any atom is 0.414 e. The van der Waals surface area contributed by atoms with Crippen molar-refractivity contribution in [1.82, 2.24) is 15.6 Å². The highest BCUT2D eigenvalue weighted by Gasteiger charge is 2.39. The number of hydrogen-bond acceptors (Lipinski definition) is 10. The summed E-state index contributed by atoms with van der Waals surface area (Å²) in [5, 5.41) is 14.6. The number of anilines is 2. The fourth-order valence-corrected chi connectivity index (χ4v) is 5.27. The van der Waals surface area contributed by atoms with Gasteiger partial charge >= 0.3 is 12.2 Å². The number of amides is 3. The fraction of sp³-hybridized carbons (Fsp3) is 0.276. The molecule has 1 aliphatic rings. The quantitative estimate of drug-likeness (QED) is 0.140. The molecule has 44 heavy (non-hydrogen) atoms. The van der Waals surface area contributed by atoms with Crippen molar-refractivity contribution in [3.63, 3.8) is 0 Å². The summed E-state index contributed by atoms with van der Waals surface area (Å²) in [5.41, 5.74) is 0.191. The number of ether oxygens (including phenoxy) is 2. The Morgan fingerprint density at radius 2 is 1.59 bits per heavy atom. The van der Waals surface area contributed by atoms with E-state index in [9.17, 15) is 19.6 Å². The second-order valence-corrected chi connectivity index (χ2v) is 13.1. The number of benzene rings is 2. The van der Waals surface area contributed by atoms with Crippen LogP contribution in [-0.2, 0) is 14.3 Å². The highest BCUT2D eigenvalue weighted by atomic mass is 35.5. The van der Waals surface area contributed by atoms with Gasteiger partial charge in [-0.2, -0.15) is 10.3 Å². The molecule has 0 atom stereocenters. The normalized spacial score (nSPS) is 13.5. The minimum absolute atomic E-state index is 0.105. The zero-order valence-corrected chi connectivity index (χ0v) is 27.0. The molecule has 0 aliphatic carbocycles. The summed E-state index contributed by atoms with van der Waals surface area (Å²) >= 11 is 13.0. The minimum atomic E-state index is -0.838. The molecule has 2 aromatic carbocycles. The van der Waals surface area contributed by atoms with Gasteiger partial charge in [0.2, 0.25) is 11.1 Å². The second kappa shape index (κ2) is 12.2. The van der Waals surface area contributed by atoms with Crippen LogP contribution in [0.3, 0.4) is 0 Å². The molecule has 228 valence electrons. The lowest BCUT2D eigenvalue weighted by Gasteiger charge is -2.21. The van der Waals surface area contributed by atoms with Gasteiger partial charge in [0.15, 0.2) is 5.11 Å². The van der Waals surface area contributed by atoms with Crippen molar-refractivity contribution < 1.29 is 23.9 Å². The van der Waals surface area contributed by atoms with Gasteiger partial charge in [-0.05, 0) is 90.2 Å². The minimum Gasteiger partial charge on any atom is -0.444 e. The number of fused-ring (bicyclic) bond motifs is 1. The molecule has 4 rings (SSSR count). The first-order valence-corrected chi connectivity index (χ1v) is 14.6. The number of rotatable bonds is 3. The van der Waals surface area contributed by atoms with E-state index in [1.165, 1.54) is 33.3 Å². The molecule has 15 heteroatoms. The van der Waals surface area contributed by atoms with Crippen LogP contribution in [-0.4, -0.2) is 45.4 Å². The predicted molar refractivity (Wildman–Crippen MR) is 173 cm³/mol. The van der Waals surface area contributed by atoms with Gasteiger partial charge in [-0.1, -0.05) is 29.5 Å². The number of thiocarbonyl (C=S) groups is 1. The Morgan fingerprint density at radius 3 is 2.14 bits per heavy atom. The number of aliphatic imine (C=N–C) groups is 1. The molecule has 1 saturated heterocycles. The van der Waals surface area contributed by atoms with E-state index in [2.05, 4.69) is 27.2 Å². The van der Waals surface area contributed by atoms with Crippen LogP contribution in [0, 0.1) is 11.3 Å². The number of nitrogens with zero attached hydrogens (tertiary/aromatic N) is 5. The third-order valence-corrected chi connectivity index (χ3v) is 7.11. The molecule has 0 radical (unpaired) electrons. The molecule has 2 N–H and O–H groups in total. The van der Waals surface area contributed by atoms with Crippen LogP contribution in [0.1, 0.15) is 47.1 Å². The lowest BCUT2D eigenvalue weighted by Crippen LogP contribution is -2.47. The Hall–Kier alpha value is -4.58. The lowest BCUT2D eigenvalue weighted by molar-refractivity contribution is -0.113. The molecule has 1 aliphatic heterocycles. The van der Waals surface area contributed by atoms with E-state index in [1.807, 2.05) is 6.07 Å². The summed E-state index contributed by atoms with van der Waals surface area (Å²) in [7, 11) is 0. The van der Waals surface area contributed by atoms with Gasteiger partial charge in [-0.3, -0.25) is 25.2 Å².